The number of likely N-dealkylation sites (tertiary alicyclic amines) is 1. The van der Waals surface area contributed by atoms with E-state index in [4.69, 9.17) is 0 Å². The van der Waals surface area contributed by atoms with Crippen molar-refractivity contribution in [3.05, 3.63) is 35.4 Å². The summed E-state index contributed by atoms with van der Waals surface area (Å²) in [6.07, 6.45) is 1.32. The molecule has 0 spiro atoms. The van der Waals surface area contributed by atoms with Gasteiger partial charge in [0.05, 0.1) is 0 Å². The average molecular weight is 231 g/mol. The lowest BCUT2D eigenvalue weighted by molar-refractivity contribution is -0.145. The molecule has 0 aromatic heterocycles. The fourth-order valence-electron chi connectivity index (χ4n) is 2.29. The van der Waals surface area contributed by atoms with Crippen LogP contribution >= 0.6 is 0 Å². The van der Waals surface area contributed by atoms with Crippen LogP contribution in [0.4, 0.5) is 0 Å². The summed E-state index contributed by atoms with van der Waals surface area (Å²) in [6.45, 7) is 4.05. The second-order valence-corrected chi connectivity index (χ2v) is 4.66. The Kier molecular flexibility index (Phi) is 3.27. The molecule has 90 valence electrons. The van der Waals surface area contributed by atoms with Gasteiger partial charge in [-0.15, -0.1) is 0 Å². The third-order valence-electron chi connectivity index (χ3n) is 3.35. The van der Waals surface area contributed by atoms with Gasteiger partial charge in [0.1, 0.15) is 0 Å². The van der Waals surface area contributed by atoms with E-state index >= 15 is 0 Å². The number of hydrogen-bond acceptors (Lipinski definition) is 2. The predicted molar refractivity (Wildman–Crippen MR) is 65.5 cm³/mol. The smallest absolute Gasteiger partial charge is 0.229 e. The van der Waals surface area contributed by atoms with Crippen molar-refractivity contribution in [2.45, 2.75) is 32.6 Å². The Morgan fingerprint density at radius 2 is 1.94 bits per heavy atom. The lowest BCUT2D eigenvalue weighted by Crippen LogP contribution is -2.41. The number of carbonyl (C=O) groups is 2. The fraction of sp³-hybridized carbons (Fsp3) is 0.429. The minimum absolute atomic E-state index is 0.0469. The van der Waals surface area contributed by atoms with Crippen LogP contribution in [0.5, 0.6) is 0 Å². The molecule has 1 atom stereocenters. The Bertz CT molecular complexity index is 436. The van der Waals surface area contributed by atoms with Gasteiger partial charge < -0.3 is 0 Å². The van der Waals surface area contributed by atoms with E-state index in [0.717, 1.165) is 6.42 Å². The van der Waals surface area contributed by atoms with Gasteiger partial charge in [-0.1, -0.05) is 29.8 Å². The molecule has 1 aliphatic heterocycles. The summed E-state index contributed by atoms with van der Waals surface area (Å²) in [5.41, 5.74) is 2.42. The standard InChI is InChI=1S/C14H17NO2/c1-10-3-5-12(6-4-10)13-7-8-15(11(2)16)14(17)9-13/h3-6,13H,7-9H2,1-2H3. The summed E-state index contributed by atoms with van der Waals surface area (Å²) < 4.78 is 0. The third kappa shape index (κ3) is 2.54. The second-order valence-electron chi connectivity index (χ2n) is 4.66. The number of imide groups is 1. The topological polar surface area (TPSA) is 37.4 Å². The van der Waals surface area contributed by atoms with Crippen molar-refractivity contribution >= 4 is 11.8 Å². The molecule has 2 amide bonds. The Morgan fingerprint density at radius 3 is 2.47 bits per heavy atom. The molecule has 1 aliphatic rings. The predicted octanol–water partition coefficient (Wildman–Crippen LogP) is 2.25. The molecule has 1 fully saturated rings. The van der Waals surface area contributed by atoms with Crippen LogP contribution < -0.4 is 0 Å². The maximum absolute atomic E-state index is 11.8. The van der Waals surface area contributed by atoms with Gasteiger partial charge >= 0.3 is 0 Å². The first kappa shape index (κ1) is 11.8. The Labute approximate surface area is 101 Å². The maximum Gasteiger partial charge on any atom is 0.229 e. The molecule has 0 aliphatic carbocycles. The van der Waals surface area contributed by atoms with Gasteiger partial charge in [0.2, 0.25) is 11.8 Å². The summed E-state index contributed by atoms with van der Waals surface area (Å²) in [5.74, 6) is 0.0744. The molecule has 1 unspecified atom stereocenters. The Balaban J connectivity index is 2.09. The number of nitrogens with zero attached hydrogens (tertiary/aromatic N) is 1. The molecule has 0 bridgehead atoms. The molecule has 1 saturated heterocycles. The minimum Gasteiger partial charge on any atom is -0.283 e. The highest BCUT2D eigenvalue weighted by molar-refractivity contribution is 5.95. The van der Waals surface area contributed by atoms with E-state index in [2.05, 4.69) is 24.3 Å². The Hall–Kier alpha value is -1.64. The average Bonchev–Trinajstić information content (AvgIpc) is 2.29. The molecule has 0 saturated carbocycles. The van der Waals surface area contributed by atoms with Crippen LogP contribution in [0, 0.1) is 6.92 Å². The lowest BCUT2D eigenvalue weighted by Gasteiger charge is -2.29. The molecule has 2 rings (SSSR count). The number of benzene rings is 1. The summed E-state index contributed by atoms with van der Waals surface area (Å²) >= 11 is 0. The highest BCUT2D eigenvalue weighted by Crippen LogP contribution is 2.28. The molecule has 1 aromatic rings. The van der Waals surface area contributed by atoms with Crippen molar-refractivity contribution in [1.82, 2.24) is 4.90 Å². The zero-order valence-corrected chi connectivity index (χ0v) is 10.3. The number of carbonyl (C=O) groups excluding carboxylic acids is 2. The molecular weight excluding hydrogens is 214 g/mol. The van der Waals surface area contributed by atoms with Crippen molar-refractivity contribution in [2.75, 3.05) is 6.54 Å². The molecule has 0 radical (unpaired) electrons. The summed E-state index contributed by atoms with van der Waals surface area (Å²) in [4.78, 5) is 24.3. The van der Waals surface area contributed by atoms with E-state index in [-0.39, 0.29) is 17.7 Å². The first-order valence-corrected chi connectivity index (χ1v) is 5.95. The monoisotopic (exact) mass is 231 g/mol. The Morgan fingerprint density at radius 1 is 1.29 bits per heavy atom. The molecule has 3 nitrogen and oxygen atoms in total. The number of rotatable bonds is 1. The van der Waals surface area contributed by atoms with E-state index in [9.17, 15) is 9.59 Å². The van der Waals surface area contributed by atoms with Crippen molar-refractivity contribution in [3.63, 3.8) is 0 Å². The molecule has 17 heavy (non-hydrogen) atoms. The largest absolute Gasteiger partial charge is 0.283 e. The molecule has 1 aromatic carbocycles. The summed E-state index contributed by atoms with van der Waals surface area (Å²) in [6, 6.07) is 8.29. The van der Waals surface area contributed by atoms with Crippen LogP contribution in [-0.2, 0) is 9.59 Å². The zero-order chi connectivity index (χ0) is 12.4. The number of hydrogen-bond donors (Lipinski definition) is 0. The SMILES string of the molecule is CC(=O)N1CCC(c2ccc(C)cc2)CC1=O. The van der Waals surface area contributed by atoms with Crippen molar-refractivity contribution in [2.24, 2.45) is 0 Å². The highest BCUT2D eigenvalue weighted by Gasteiger charge is 2.28. The molecule has 3 heteroatoms. The van der Waals surface area contributed by atoms with Crippen molar-refractivity contribution < 1.29 is 9.59 Å². The van der Waals surface area contributed by atoms with E-state index < -0.39 is 0 Å². The lowest BCUT2D eigenvalue weighted by atomic mass is 9.88. The van der Waals surface area contributed by atoms with Crippen molar-refractivity contribution in [3.8, 4) is 0 Å². The third-order valence-corrected chi connectivity index (χ3v) is 3.35. The van der Waals surface area contributed by atoms with Crippen LogP contribution in [0.3, 0.4) is 0 Å². The zero-order valence-electron chi connectivity index (χ0n) is 10.3. The quantitative estimate of drug-likeness (QED) is 0.743. The second kappa shape index (κ2) is 4.70. The van der Waals surface area contributed by atoms with E-state index in [0.29, 0.717) is 13.0 Å². The number of amides is 2. The summed E-state index contributed by atoms with van der Waals surface area (Å²) in [7, 11) is 0. The van der Waals surface area contributed by atoms with Gasteiger partial charge in [-0.05, 0) is 24.8 Å². The summed E-state index contributed by atoms with van der Waals surface area (Å²) in [5, 5.41) is 0. The van der Waals surface area contributed by atoms with Gasteiger partial charge in [-0.25, -0.2) is 0 Å². The van der Waals surface area contributed by atoms with Gasteiger partial charge in [-0.3, -0.25) is 14.5 Å². The van der Waals surface area contributed by atoms with Crippen LogP contribution in [0.15, 0.2) is 24.3 Å². The highest BCUT2D eigenvalue weighted by atomic mass is 16.2. The minimum atomic E-state index is -0.141. The van der Waals surface area contributed by atoms with Crippen LogP contribution in [0.2, 0.25) is 0 Å². The number of piperidine rings is 1. The van der Waals surface area contributed by atoms with Gasteiger partial charge in [0.15, 0.2) is 0 Å². The van der Waals surface area contributed by atoms with Gasteiger partial charge in [0.25, 0.3) is 0 Å². The number of aryl methyl sites for hydroxylation is 1. The van der Waals surface area contributed by atoms with Crippen LogP contribution in [0.1, 0.15) is 36.8 Å². The van der Waals surface area contributed by atoms with Crippen LogP contribution in [0.25, 0.3) is 0 Å². The molecule has 1 heterocycles. The van der Waals surface area contributed by atoms with E-state index in [1.807, 2.05) is 6.92 Å². The van der Waals surface area contributed by atoms with Crippen LogP contribution in [-0.4, -0.2) is 23.3 Å². The van der Waals surface area contributed by atoms with E-state index in [1.165, 1.54) is 23.0 Å². The normalized spacial score (nSPS) is 20.5. The molecular formula is C14H17NO2. The van der Waals surface area contributed by atoms with Gasteiger partial charge in [-0.2, -0.15) is 0 Å². The fourth-order valence-corrected chi connectivity index (χ4v) is 2.29. The maximum atomic E-state index is 11.8. The molecule has 0 N–H and O–H groups in total. The van der Waals surface area contributed by atoms with Gasteiger partial charge in [0, 0.05) is 19.9 Å². The first-order chi connectivity index (χ1) is 8.08. The van der Waals surface area contributed by atoms with Crippen molar-refractivity contribution in [1.29, 1.82) is 0 Å². The van der Waals surface area contributed by atoms with E-state index in [1.54, 1.807) is 0 Å². The first-order valence-electron chi connectivity index (χ1n) is 5.95.